The highest BCUT2D eigenvalue weighted by Gasteiger charge is 2.01. The molecule has 0 fully saturated rings. The van der Waals surface area contributed by atoms with E-state index >= 15 is 0 Å². The van der Waals surface area contributed by atoms with Crippen molar-refractivity contribution < 1.29 is 0 Å². The van der Waals surface area contributed by atoms with Crippen molar-refractivity contribution in [2.45, 2.75) is 12.8 Å². The number of hydrogen-bond donors (Lipinski definition) is 1. The van der Waals surface area contributed by atoms with Crippen LogP contribution in [0.1, 0.15) is 11.1 Å². The number of rotatable bonds is 3. The number of nitrogens with zero attached hydrogens (tertiary/aromatic N) is 2. The van der Waals surface area contributed by atoms with Gasteiger partial charge < -0.3 is 4.98 Å². The summed E-state index contributed by atoms with van der Waals surface area (Å²) < 4.78 is 0. The summed E-state index contributed by atoms with van der Waals surface area (Å²) in [5, 5.41) is 0.787. The summed E-state index contributed by atoms with van der Waals surface area (Å²) in [5.74, 6) is 0. The van der Waals surface area contributed by atoms with Crippen LogP contribution in [0.5, 0.6) is 0 Å². The van der Waals surface area contributed by atoms with Crippen LogP contribution in [0.4, 0.5) is 0 Å². The quantitative estimate of drug-likeness (QED) is 0.781. The summed E-state index contributed by atoms with van der Waals surface area (Å²) in [6.45, 7) is 0. The molecule has 0 saturated heterocycles. The third kappa shape index (κ3) is 2.36. The molecule has 0 radical (unpaired) electrons. The molecule has 90 valence electrons. The van der Waals surface area contributed by atoms with Gasteiger partial charge in [0.25, 0.3) is 0 Å². The molecule has 0 aliphatic carbocycles. The first kappa shape index (κ1) is 11.2. The van der Waals surface area contributed by atoms with Gasteiger partial charge in [-0.3, -0.25) is 0 Å². The highest BCUT2D eigenvalue weighted by molar-refractivity contribution is 6.30. The molecule has 0 bridgehead atoms. The molecule has 4 heteroatoms. The molecular formula is C14H12ClN3. The average molecular weight is 258 g/mol. The Bertz CT molecular complexity index is 675. The van der Waals surface area contributed by atoms with Crippen LogP contribution in [-0.2, 0) is 12.8 Å². The first-order valence-corrected chi connectivity index (χ1v) is 6.21. The van der Waals surface area contributed by atoms with E-state index in [4.69, 9.17) is 11.6 Å². The number of fused-ring (bicyclic) bond motifs is 1. The van der Waals surface area contributed by atoms with Gasteiger partial charge in [0, 0.05) is 11.2 Å². The van der Waals surface area contributed by atoms with Gasteiger partial charge in [0.15, 0.2) is 5.65 Å². The van der Waals surface area contributed by atoms with Gasteiger partial charge in [-0.2, -0.15) is 0 Å². The molecule has 0 saturated carbocycles. The van der Waals surface area contributed by atoms with Crippen molar-refractivity contribution in [2.24, 2.45) is 0 Å². The fourth-order valence-electron chi connectivity index (χ4n) is 1.99. The molecule has 0 unspecified atom stereocenters. The molecule has 3 rings (SSSR count). The minimum Gasteiger partial charge on any atom is -0.343 e. The van der Waals surface area contributed by atoms with Crippen LogP contribution < -0.4 is 0 Å². The largest absolute Gasteiger partial charge is 0.343 e. The number of aromatic amines is 1. The summed E-state index contributed by atoms with van der Waals surface area (Å²) in [5.41, 5.74) is 4.19. The number of imidazole rings is 1. The number of nitrogens with one attached hydrogen (secondary N) is 1. The molecule has 1 aromatic carbocycles. The Morgan fingerprint density at radius 1 is 1.06 bits per heavy atom. The first-order chi connectivity index (χ1) is 8.81. The van der Waals surface area contributed by atoms with Crippen LogP contribution in [-0.4, -0.2) is 15.0 Å². The minimum absolute atomic E-state index is 0.765. The van der Waals surface area contributed by atoms with Gasteiger partial charge in [0.1, 0.15) is 0 Å². The maximum absolute atomic E-state index is 5.96. The second-order valence-electron chi connectivity index (χ2n) is 4.25. The summed E-state index contributed by atoms with van der Waals surface area (Å²) in [6, 6.07) is 10.1. The fourth-order valence-corrected chi connectivity index (χ4v) is 2.20. The molecule has 3 aromatic rings. The number of pyridine rings is 1. The Kier molecular flexibility index (Phi) is 2.99. The van der Waals surface area contributed by atoms with Gasteiger partial charge in [0.05, 0.1) is 11.8 Å². The molecule has 2 heterocycles. The zero-order valence-electron chi connectivity index (χ0n) is 9.73. The summed E-state index contributed by atoms with van der Waals surface area (Å²) in [7, 11) is 0. The van der Waals surface area contributed by atoms with E-state index in [9.17, 15) is 0 Å². The summed E-state index contributed by atoms with van der Waals surface area (Å²) in [4.78, 5) is 11.5. The lowest BCUT2D eigenvalue weighted by molar-refractivity contribution is 0.954. The van der Waals surface area contributed by atoms with E-state index in [1.165, 1.54) is 11.1 Å². The Morgan fingerprint density at radius 2 is 1.94 bits per heavy atom. The zero-order valence-corrected chi connectivity index (χ0v) is 10.5. The SMILES string of the molecule is Clc1cccc(CCc2cnc3nc[nH]c3c2)c1. The van der Waals surface area contributed by atoms with Gasteiger partial charge in [-0.1, -0.05) is 23.7 Å². The normalized spacial score (nSPS) is 10.9. The van der Waals surface area contributed by atoms with Crippen molar-refractivity contribution in [2.75, 3.05) is 0 Å². The molecule has 0 amide bonds. The number of aromatic nitrogens is 3. The monoisotopic (exact) mass is 257 g/mol. The summed E-state index contributed by atoms with van der Waals surface area (Å²) in [6.07, 6.45) is 5.45. The van der Waals surface area contributed by atoms with Crippen molar-refractivity contribution in [3.05, 3.63) is 59.0 Å². The van der Waals surface area contributed by atoms with Gasteiger partial charge in [-0.05, 0) is 42.2 Å². The number of hydrogen-bond acceptors (Lipinski definition) is 2. The third-order valence-corrected chi connectivity index (χ3v) is 3.16. The lowest BCUT2D eigenvalue weighted by Crippen LogP contribution is -1.92. The van der Waals surface area contributed by atoms with Gasteiger partial charge >= 0.3 is 0 Å². The third-order valence-electron chi connectivity index (χ3n) is 2.92. The lowest BCUT2D eigenvalue weighted by Gasteiger charge is -2.02. The molecule has 0 atom stereocenters. The molecule has 2 aromatic heterocycles. The second kappa shape index (κ2) is 4.78. The number of benzene rings is 1. The van der Waals surface area contributed by atoms with Crippen molar-refractivity contribution >= 4 is 22.8 Å². The summed E-state index contributed by atoms with van der Waals surface area (Å²) >= 11 is 5.96. The van der Waals surface area contributed by atoms with Crippen molar-refractivity contribution in [3.63, 3.8) is 0 Å². The van der Waals surface area contributed by atoms with Crippen LogP contribution in [0.3, 0.4) is 0 Å². The molecule has 1 N–H and O–H groups in total. The maximum Gasteiger partial charge on any atom is 0.177 e. The van der Waals surface area contributed by atoms with Gasteiger partial charge in [0.2, 0.25) is 0 Å². The number of H-pyrrole nitrogens is 1. The van der Waals surface area contributed by atoms with Gasteiger partial charge in [-0.15, -0.1) is 0 Å². The Hall–Kier alpha value is -1.87. The van der Waals surface area contributed by atoms with Crippen molar-refractivity contribution in [1.29, 1.82) is 0 Å². The minimum atomic E-state index is 0.765. The lowest BCUT2D eigenvalue weighted by atomic mass is 10.1. The van der Waals surface area contributed by atoms with Crippen LogP contribution in [0.25, 0.3) is 11.2 Å². The van der Waals surface area contributed by atoms with Crippen LogP contribution in [0.2, 0.25) is 5.02 Å². The van der Waals surface area contributed by atoms with E-state index in [1.807, 2.05) is 24.4 Å². The van der Waals surface area contributed by atoms with Crippen molar-refractivity contribution in [1.82, 2.24) is 15.0 Å². The smallest absolute Gasteiger partial charge is 0.177 e. The van der Waals surface area contributed by atoms with E-state index in [2.05, 4.69) is 27.1 Å². The Labute approximate surface area is 110 Å². The number of aryl methyl sites for hydroxylation is 2. The topological polar surface area (TPSA) is 41.6 Å². The zero-order chi connectivity index (χ0) is 12.4. The second-order valence-corrected chi connectivity index (χ2v) is 4.68. The van der Waals surface area contributed by atoms with Crippen LogP contribution in [0.15, 0.2) is 42.9 Å². The van der Waals surface area contributed by atoms with Gasteiger partial charge in [-0.25, -0.2) is 9.97 Å². The molecule has 0 aliphatic rings. The van der Waals surface area contributed by atoms with E-state index in [1.54, 1.807) is 6.33 Å². The first-order valence-electron chi connectivity index (χ1n) is 5.84. The predicted octanol–water partition coefficient (Wildman–Crippen LogP) is 3.40. The van der Waals surface area contributed by atoms with Crippen molar-refractivity contribution in [3.8, 4) is 0 Å². The number of halogens is 1. The van der Waals surface area contributed by atoms with E-state index in [0.717, 1.165) is 29.0 Å². The van der Waals surface area contributed by atoms with E-state index in [-0.39, 0.29) is 0 Å². The van der Waals surface area contributed by atoms with E-state index < -0.39 is 0 Å². The highest BCUT2D eigenvalue weighted by atomic mass is 35.5. The van der Waals surface area contributed by atoms with Crippen LogP contribution in [0, 0.1) is 0 Å². The van der Waals surface area contributed by atoms with Crippen LogP contribution >= 0.6 is 11.6 Å². The Balaban J connectivity index is 1.76. The molecule has 0 spiro atoms. The molecule has 3 nitrogen and oxygen atoms in total. The molecular weight excluding hydrogens is 246 g/mol. The fraction of sp³-hybridized carbons (Fsp3) is 0.143. The standard InChI is InChI=1S/C14H12ClN3/c15-12-3-1-2-10(6-12)4-5-11-7-13-14(16-8-11)18-9-17-13/h1-3,6-9H,4-5H2,(H,16,17,18). The maximum atomic E-state index is 5.96. The van der Waals surface area contributed by atoms with E-state index in [0.29, 0.717) is 0 Å². The molecule has 18 heavy (non-hydrogen) atoms. The predicted molar refractivity (Wildman–Crippen MR) is 72.7 cm³/mol. The average Bonchev–Trinajstić information content (AvgIpc) is 2.84. The highest BCUT2D eigenvalue weighted by Crippen LogP contribution is 2.14. The molecule has 0 aliphatic heterocycles. The Morgan fingerprint density at radius 3 is 2.83 bits per heavy atom.